The molecule has 2 aliphatic heterocycles. The maximum atomic E-state index is 12.1. The topological polar surface area (TPSA) is 87.2 Å². The Morgan fingerprint density at radius 3 is 2.55 bits per heavy atom. The number of hydrogen-bond donors (Lipinski definition) is 1. The largest absolute Gasteiger partial charge is 0.493 e. The van der Waals surface area contributed by atoms with Gasteiger partial charge in [0.25, 0.3) is 0 Å². The van der Waals surface area contributed by atoms with E-state index in [9.17, 15) is 19.5 Å². The summed E-state index contributed by atoms with van der Waals surface area (Å²) in [6.07, 6.45) is 9.38. The Hall–Kier alpha value is -3.19. The van der Waals surface area contributed by atoms with Gasteiger partial charge in [-0.05, 0) is 72.4 Å². The summed E-state index contributed by atoms with van der Waals surface area (Å²) in [4.78, 5) is 39.8. The second-order valence-corrected chi connectivity index (χ2v) is 11.8. The first kappa shape index (κ1) is 28.3. The number of benzene rings is 2. The Kier molecular flexibility index (Phi) is 9.20. The van der Waals surface area contributed by atoms with Gasteiger partial charge in [0.1, 0.15) is 5.75 Å². The molecule has 2 heterocycles. The SMILES string of the molecule is Cc1cc(CN(CC2CCCCC2)C(CC(=O)O)c2ccc3c(c2)CCO3)ccc1CCCN1C(=O)CCC1=O. The van der Waals surface area contributed by atoms with Gasteiger partial charge < -0.3 is 9.84 Å². The lowest BCUT2D eigenvalue weighted by Crippen LogP contribution is -2.35. The van der Waals surface area contributed by atoms with Crippen molar-refractivity contribution in [3.8, 4) is 5.75 Å². The molecule has 2 aromatic rings. The van der Waals surface area contributed by atoms with E-state index in [1.165, 1.54) is 59.3 Å². The van der Waals surface area contributed by atoms with Crippen molar-refractivity contribution in [2.45, 2.75) is 90.1 Å². The van der Waals surface area contributed by atoms with Crippen molar-refractivity contribution in [2.24, 2.45) is 5.92 Å². The van der Waals surface area contributed by atoms with Gasteiger partial charge in [-0.2, -0.15) is 0 Å². The summed E-state index contributed by atoms with van der Waals surface area (Å²) in [5, 5.41) is 9.94. The van der Waals surface area contributed by atoms with E-state index in [4.69, 9.17) is 4.74 Å². The summed E-state index contributed by atoms with van der Waals surface area (Å²) >= 11 is 0. The van der Waals surface area contributed by atoms with E-state index >= 15 is 0 Å². The summed E-state index contributed by atoms with van der Waals surface area (Å²) in [5.74, 6) is 0.612. The average Bonchev–Trinajstić information content (AvgIpc) is 3.54. The second-order valence-electron chi connectivity index (χ2n) is 11.8. The molecule has 1 unspecified atom stereocenters. The number of hydrogen-bond acceptors (Lipinski definition) is 5. The van der Waals surface area contributed by atoms with E-state index in [1.807, 2.05) is 6.07 Å². The lowest BCUT2D eigenvalue weighted by Gasteiger charge is -2.36. The Balaban J connectivity index is 1.33. The van der Waals surface area contributed by atoms with E-state index in [0.29, 0.717) is 38.5 Å². The fourth-order valence-electron chi connectivity index (χ4n) is 6.71. The molecular formula is C33H42N2O5. The minimum absolute atomic E-state index is 0.0538. The van der Waals surface area contributed by atoms with Gasteiger partial charge in [0, 0.05) is 44.9 Å². The van der Waals surface area contributed by atoms with Crippen molar-refractivity contribution in [2.75, 3.05) is 19.7 Å². The molecular weight excluding hydrogens is 504 g/mol. The van der Waals surface area contributed by atoms with Gasteiger partial charge in [-0.1, -0.05) is 49.6 Å². The number of fused-ring (bicyclic) bond motifs is 1. The molecule has 2 aromatic carbocycles. The highest BCUT2D eigenvalue weighted by Gasteiger charge is 2.29. The lowest BCUT2D eigenvalue weighted by molar-refractivity contribution is -0.139. The number of amides is 2. The van der Waals surface area contributed by atoms with Gasteiger partial charge in [-0.3, -0.25) is 24.2 Å². The van der Waals surface area contributed by atoms with Crippen LogP contribution in [0.5, 0.6) is 5.75 Å². The third-order valence-electron chi connectivity index (χ3n) is 8.90. The van der Waals surface area contributed by atoms with Gasteiger partial charge in [-0.25, -0.2) is 0 Å². The molecule has 0 radical (unpaired) electrons. The highest BCUT2D eigenvalue weighted by atomic mass is 16.5. The van der Waals surface area contributed by atoms with Crippen molar-refractivity contribution >= 4 is 17.8 Å². The number of aliphatic carboxylic acids is 1. The predicted molar refractivity (Wildman–Crippen MR) is 153 cm³/mol. The van der Waals surface area contributed by atoms with Crippen molar-refractivity contribution in [1.82, 2.24) is 9.80 Å². The number of imide groups is 1. The summed E-state index contributed by atoms with van der Waals surface area (Å²) < 4.78 is 5.72. The molecule has 2 fully saturated rings. The quantitative estimate of drug-likeness (QED) is 0.348. The Morgan fingerprint density at radius 2 is 1.82 bits per heavy atom. The van der Waals surface area contributed by atoms with Crippen LogP contribution in [-0.2, 0) is 33.8 Å². The van der Waals surface area contributed by atoms with Crippen LogP contribution in [0, 0.1) is 12.8 Å². The number of carboxylic acid groups (broad SMARTS) is 1. The maximum absolute atomic E-state index is 12.1. The molecule has 0 spiro atoms. The minimum Gasteiger partial charge on any atom is -0.493 e. The van der Waals surface area contributed by atoms with Gasteiger partial charge in [0.2, 0.25) is 11.8 Å². The standard InChI is InChI=1S/C33H42N2O5/c1-23-18-25(9-10-26(23)8-5-16-35-31(36)13-14-32(35)37)22-34(21-24-6-3-2-4-7-24)29(20-33(38)39)27-11-12-30-28(19-27)15-17-40-30/h9-12,18-19,24,29H,2-8,13-17,20-22H2,1H3,(H,38,39). The van der Waals surface area contributed by atoms with E-state index in [0.717, 1.165) is 37.1 Å². The van der Waals surface area contributed by atoms with Crippen LogP contribution in [0.1, 0.15) is 91.6 Å². The Morgan fingerprint density at radius 1 is 1.05 bits per heavy atom. The van der Waals surface area contributed by atoms with Crippen molar-refractivity contribution in [1.29, 1.82) is 0 Å². The third kappa shape index (κ3) is 6.92. The number of likely N-dealkylation sites (tertiary alicyclic amines) is 1. The highest BCUT2D eigenvalue weighted by Crippen LogP contribution is 2.35. The minimum atomic E-state index is -0.781. The molecule has 5 rings (SSSR count). The van der Waals surface area contributed by atoms with Crippen molar-refractivity contribution in [3.63, 3.8) is 0 Å². The fourth-order valence-corrected chi connectivity index (χ4v) is 6.71. The molecule has 40 heavy (non-hydrogen) atoms. The Bertz CT molecular complexity index is 1220. The zero-order chi connectivity index (χ0) is 28.1. The highest BCUT2D eigenvalue weighted by molar-refractivity contribution is 6.01. The zero-order valence-corrected chi connectivity index (χ0v) is 23.7. The Labute approximate surface area is 237 Å². The van der Waals surface area contributed by atoms with Gasteiger partial charge in [-0.15, -0.1) is 0 Å². The van der Waals surface area contributed by atoms with Crippen LogP contribution in [0.2, 0.25) is 0 Å². The van der Waals surface area contributed by atoms with E-state index in [-0.39, 0.29) is 24.3 Å². The van der Waals surface area contributed by atoms with Crippen molar-refractivity contribution < 1.29 is 24.2 Å². The van der Waals surface area contributed by atoms with Crippen LogP contribution >= 0.6 is 0 Å². The van der Waals surface area contributed by atoms with Crippen LogP contribution in [0.4, 0.5) is 0 Å². The van der Waals surface area contributed by atoms with E-state index in [2.05, 4.69) is 42.2 Å². The molecule has 1 N–H and O–H groups in total. The zero-order valence-electron chi connectivity index (χ0n) is 23.7. The summed E-state index contributed by atoms with van der Waals surface area (Å²) in [5.41, 5.74) is 5.83. The summed E-state index contributed by atoms with van der Waals surface area (Å²) in [6, 6.07) is 12.6. The number of nitrogens with zero attached hydrogens (tertiary/aromatic N) is 2. The molecule has 1 aliphatic carbocycles. The molecule has 1 saturated carbocycles. The maximum Gasteiger partial charge on any atom is 0.305 e. The van der Waals surface area contributed by atoms with E-state index < -0.39 is 5.97 Å². The number of rotatable bonds is 12. The van der Waals surface area contributed by atoms with Crippen LogP contribution in [0.15, 0.2) is 36.4 Å². The molecule has 1 atom stereocenters. The van der Waals surface area contributed by atoms with Gasteiger partial charge >= 0.3 is 5.97 Å². The van der Waals surface area contributed by atoms with E-state index in [1.54, 1.807) is 0 Å². The molecule has 214 valence electrons. The summed E-state index contributed by atoms with van der Waals surface area (Å²) in [6.45, 7) is 4.87. The molecule has 7 nitrogen and oxygen atoms in total. The van der Waals surface area contributed by atoms with Crippen LogP contribution < -0.4 is 4.74 Å². The monoisotopic (exact) mass is 546 g/mol. The predicted octanol–water partition coefficient (Wildman–Crippen LogP) is 5.61. The molecule has 3 aliphatic rings. The molecule has 2 amide bonds. The molecule has 1 saturated heterocycles. The van der Waals surface area contributed by atoms with Crippen LogP contribution in [0.25, 0.3) is 0 Å². The molecule has 0 aromatic heterocycles. The fraction of sp³-hybridized carbons (Fsp3) is 0.545. The summed E-state index contributed by atoms with van der Waals surface area (Å²) in [7, 11) is 0. The van der Waals surface area contributed by atoms with Gasteiger partial charge in [0.15, 0.2) is 0 Å². The smallest absolute Gasteiger partial charge is 0.305 e. The third-order valence-corrected chi connectivity index (χ3v) is 8.90. The first-order chi connectivity index (χ1) is 19.4. The number of ether oxygens (including phenoxy) is 1. The first-order valence-corrected chi connectivity index (χ1v) is 15.0. The lowest BCUT2D eigenvalue weighted by atomic mass is 9.87. The average molecular weight is 547 g/mol. The van der Waals surface area contributed by atoms with Crippen LogP contribution in [-0.4, -0.2) is 52.4 Å². The van der Waals surface area contributed by atoms with Gasteiger partial charge in [0.05, 0.1) is 13.0 Å². The normalized spacial score (nSPS) is 18.3. The number of carbonyl (C=O) groups is 3. The van der Waals surface area contributed by atoms with Crippen molar-refractivity contribution in [3.05, 3.63) is 64.2 Å². The first-order valence-electron chi connectivity index (χ1n) is 15.0. The number of carbonyl (C=O) groups excluding carboxylic acids is 2. The molecule has 0 bridgehead atoms. The van der Waals surface area contributed by atoms with Crippen LogP contribution in [0.3, 0.4) is 0 Å². The molecule has 7 heteroatoms. The number of carboxylic acids is 1. The second kappa shape index (κ2) is 13.0. The number of aryl methyl sites for hydroxylation is 2.